The van der Waals surface area contributed by atoms with Gasteiger partial charge < -0.3 is 24.8 Å². The number of ether oxygens (including phenoxy) is 1. The molecule has 1 fully saturated rings. The number of nitrogens with zero attached hydrogens (tertiary/aromatic N) is 7. The molecule has 0 saturated carbocycles. The van der Waals surface area contributed by atoms with Crippen LogP contribution in [0.25, 0.3) is 11.8 Å². The summed E-state index contributed by atoms with van der Waals surface area (Å²) >= 11 is 6.11. The summed E-state index contributed by atoms with van der Waals surface area (Å²) in [6, 6.07) is 14.6. The van der Waals surface area contributed by atoms with Crippen LogP contribution in [0, 0.1) is 5.82 Å². The number of amides is 2. The minimum absolute atomic E-state index is 0.0124. The number of anilines is 2. The number of hydrogen-bond donors (Lipinski definition) is 1. The number of carbonyl (C=O) groups is 3. The van der Waals surface area contributed by atoms with Crippen molar-refractivity contribution in [3.8, 4) is 5.69 Å². The molecule has 0 aliphatic carbocycles. The van der Waals surface area contributed by atoms with Crippen LogP contribution in [0.15, 0.2) is 67.0 Å². The van der Waals surface area contributed by atoms with Crippen molar-refractivity contribution in [2.24, 2.45) is 0 Å². The van der Waals surface area contributed by atoms with E-state index in [1.54, 1.807) is 51.1 Å². The summed E-state index contributed by atoms with van der Waals surface area (Å²) in [6.45, 7) is 7.34. The van der Waals surface area contributed by atoms with Crippen molar-refractivity contribution >= 4 is 46.8 Å². The van der Waals surface area contributed by atoms with E-state index in [-0.39, 0.29) is 22.8 Å². The Balaban J connectivity index is 1.33. The van der Waals surface area contributed by atoms with Crippen LogP contribution in [0.3, 0.4) is 0 Å². The minimum Gasteiger partial charge on any atom is -0.456 e. The number of halogens is 2. The van der Waals surface area contributed by atoms with Crippen LogP contribution in [-0.2, 0) is 20.7 Å². The van der Waals surface area contributed by atoms with E-state index in [9.17, 15) is 14.4 Å². The van der Waals surface area contributed by atoms with Gasteiger partial charge in [0.05, 0.1) is 16.3 Å². The number of likely N-dealkylation sites (N-methyl/N-ethyl adjacent to an activating group) is 1. The number of tetrazole rings is 1. The molecule has 2 aliphatic heterocycles. The number of carbonyl (C=O) groups excluding carboxylic acids is 3. The zero-order chi connectivity index (χ0) is 36.4. The van der Waals surface area contributed by atoms with Crippen molar-refractivity contribution in [1.29, 1.82) is 0 Å². The van der Waals surface area contributed by atoms with Gasteiger partial charge >= 0.3 is 5.97 Å². The third kappa shape index (κ3) is 7.79. The third-order valence-corrected chi connectivity index (χ3v) is 9.34. The Labute approximate surface area is 300 Å². The highest BCUT2D eigenvalue weighted by atomic mass is 35.5. The van der Waals surface area contributed by atoms with Gasteiger partial charge in [0, 0.05) is 48.7 Å². The van der Waals surface area contributed by atoms with E-state index < -0.39 is 35.2 Å². The molecule has 2 aliphatic rings. The molecule has 51 heavy (non-hydrogen) atoms. The molecule has 1 aromatic heterocycles. The Kier molecular flexibility index (Phi) is 10.2. The van der Waals surface area contributed by atoms with Gasteiger partial charge in [0.25, 0.3) is 5.91 Å². The quantitative estimate of drug-likeness (QED) is 0.191. The first kappa shape index (κ1) is 35.7. The van der Waals surface area contributed by atoms with E-state index in [4.69, 9.17) is 16.3 Å². The van der Waals surface area contributed by atoms with Crippen LogP contribution < -0.4 is 10.2 Å². The molecule has 4 aromatic rings. The molecule has 1 saturated heterocycles. The van der Waals surface area contributed by atoms with Crippen LogP contribution in [0.4, 0.5) is 15.8 Å². The summed E-state index contributed by atoms with van der Waals surface area (Å²) in [4.78, 5) is 46.9. The molecule has 3 heterocycles. The second-order valence-corrected chi connectivity index (χ2v) is 14.2. The number of nitrogens with one attached hydrogen (secondary N) is 1. The molecule has 3 aromatic carbocycles. The van der Waals surface area contributed by atoms with Crippen molar-refractivity contribution in [3.05, 3.63) is 100 Å². The largest absolute Gasteiger partial charge is 0.456 e. The van der Waals surface area contributed by atoms with Gasteiger partial charge in [0.2, 0.25) is 5.91 Å². The highest BCUT2D eigenvalue weighted by Crippen LogP contribution is 2.38. The molecule has 1 N–H and O–H groups in total. The average molecular weight is 715 g/mol. The Morgan fingerprint density at radius 1 is 1.04 bits per heavy atom. The number of rotatable bonds is 8. The highest BCUT2D eigenvalue weighted by Gasteiger charge is 2.38. The van der Waals surface area contributed by atoms with Crippen molar-refractivity contribution in [2.75, 3.05) is 43.9 Å². The first-order chi connectivity index (χ1) is 24.3. The third-order valence-electron chi connectivity index (χ3n) is 9.05. The average Bonchev–Trinajstić information content (AvgIpc) is 3.81. The molecule has 2 atom stereocenters. The van der Waals surface area contributed by atoms with Crippen LogP contribution in [0.1, 0.15) is 60.3 Å². The first-order valence-electron chi connectivity index (χ1n) is 16.7. The first-order valence-corrected chi connectivity index (χ1v) is 17.1. The zero-order valence-corrected chi connectivity index (χ0v) is 29.9. The second-order valence-electron chi connectivity index (χ2n) is 13.8. The van der Waals surface area contributed by atoms with Gasteiger partial charge in [-0.3, -0.25) is 9.59 Å². The molecule has 6 rings (SSSR count). The van der Waals surface area contributed by atoms with E-state index in [2.05, 4.69) is 50.8 Å². The molecule has 2 amide bonds. The van der Waals surface area contributed by atoms with Gasteiger partial charge in [-0.2, -0.15) is 4.68 Å². The highest BCUT2D eigenvalue weighted by molar-refractivity contribution is 6.31. The van der Waals surface area contributed by atoms with Gasteiger partial charge in [0.1, 0.15) is 18.0 Å². The van der Waals surface area contributed by atoms with E-state index >= 15 is 4.39 Å². The maximum atomic E-state index is 15.3. The number of aromatic nitrogens is 4. The predicted molar refractivity (Wildman–Crippen MR) is 192 cm³/mol. The number of fused-ring (bicyclic) bond motifs is 1. The zero-order valence-electron chi connectivity index (χ0n) is 29.1. The van der Waals surface area contributed by atoms with E-state index in [0.717, 1.165) is 30.8 Å². The van der Waals surface area contributed by atoms with Crippen LogP contribution in [0.2, 0.25) is 5.02 Å². The van der Waals surface area contributed by atoms with Crippen LogP contribution >= 0.6 is 11.6 Å². The summed E-state index contributed by atoms with van der Waals surface area (Å²) in [6.07, 6.45) is 5.40. The molecular formula is C37H40ClFN8O4. The molecule has 1 unspecified atom stereocenters. The molecule has 0 bridgehead atoms. The van der Waals surface area contributed by atoms with Crippen molar-refractivity contribution < 1.29 is 23.5 Å². The maximum Gasteiger partial charge on any atom is 0.338 e. The summed E-state index contributed by atoms with van der Waals surface area (Å²) in [5.74, 6) is -2.15. The van der Waals surface area contributed by atoms with Crippen molar-refractivity contribution in [1.82, 2.24) is 30.0 Å². The van der Waals surface area contributed by atoms with Crippen molar-refractivity contribution in [3.63, 3.8) is 0 Å². The predicted octanol–water partition coefficient (Wildman–Crippen LogP) is 5.33. The van der Waals surface area contributed by atoms with Gasteiger partial charge in [-0.05, 0) is 118 Å². The fraction of sp³-hybridized carbons (Fsp3) is 0.351. The van der Waals surface area contributed by atoms with Gasteiger partial charge in [-0.1, -0.05) is 23.7 Å². The SMILES string of the molecule is CN(C)C1CCN(c2cccc3c2CCN(C(=O)C=Cc2c(-n4cnnn4)ccc(Cl)c2F)[C@@H]3C(=O)Nc2ccc(C(=O)OC(C)(C)C)cc2)C1. The minimum atomic E-state index is -1.01. The lowest BCUT2D eigenvalue weighted by atomic mass is 9.90. The fourth-order valence-corrected chi connectivity index (χ4v) is 6.69. The standard InChI is InChI=1S/C37H40ClFN8O4/c1-37(2,3)51-36(50)23-9-11-24(12-10-23)41-35(49)34-27-7-6-8-30(45-19-17-25(21-45)44(4)5)26(27)18-20-46(34)32(48)16-13-28-31(47-22-40-42-43-47)15-14-29(38)33(28)39/h6-16,22,25,34H,17-21H2,1-5H3,(H,41,49)/t25?,34-/m0/s1. The molecule has 0 radical (unpaired) electrons. The summed E-state index contributed by atoms with van der Waals surface area (Å²) in [5.41, 5.74) is 3.19. The monoisotopic (exact) mass is 714 g/mol. The van der Waals surface area contributed by atoms with Gasteiger partial charge in [0.15, 0.2) is 5.82 Å². The summed E-state index contributed by atoms with van der Waals surface area (Å²) in [7, 11) is 4.15. The molecular weight excluding hydrogens is 675 g/mol. The van der Waals surface area contributed by atoms with Crippen molar-refractivity contribution in [2.45, 2.75) is 51.3 Å². The lowest BCUT2D eigenvalue weighted by Crippen LogP contribution is -2.45. The number of esters is 1. The van der Waals surface area contributed by atoms with Gasteiger partial charge in [-0.15, -0.1) is 5.10 Å². The maximum absolute atomic E-state index is 15.3. The Bertz CT molecular complexity index is 1960. The Morgan fingerprint density at radius 2 is 1.80 bits per heavy atom. The van der Waals surface area contributed by atoms with E-state index in [1.807, 2.05) is 12.1 Å². The van der Waals surface area contributed by atoms with E-state index in [1.165, 1.54) is 34.1 Å². The topological polar surface area (TPSA) is 126 Å². The number of benzene rings is 3. The summed E-state index contributed by atoms with van der Waals surface area (Å²) in [5, 5.41) is 13.9. The Morgan fingerprint density at radius 3 is 2.47 bits per heavy atom. The Hall–Kier alpha value is -5.14. The van der Waals surface area contributed by atoms with Crippen LogP contribution in [0.5, 0.6) is 0 Å². The molecule has 14 heteroatoms. The molecule has 266 valence electrons. The number of hydrogen-bond acceptors (Lipinski definition) is 9. The second kappa shape index (κ2) is 14.6. The summed E-state index contributed by atoms with van der Waals surface area (Å²) < 4.78 is 22.1. The lowest BCUT2D eigenvalue weighted by Gasteiger charge is -2.38. The molecule has 0 spiro atoms. The van der Waals surface area contributed by atoms with Crippen LogP contribution in [-0.4, -0.2) is 93.2 Å². The smallest absolute Gasteiger partial charge is 0.338 e. The lowest BCUT2D eigenvalue weighted by molar-refractivity contribution is -0.135. The van der Waals surface area contributed by atoms with Gasteiger partial charge in [-0.25, -0.2) is 9.18 Å². The molecule has 12 nitrogen and oxygen atoms in total. The normalized spacial score (nSPS) is 17.6. The fourth-order valence-electron chi connectivity index (χ4n) is 6.52. The van der Waals surface area contributed by atoms with E-state index in [0.29, 0.717) is 29.3 Å².